The van der Waals surface area contributed by atoms with Crippen molar-refractivity contribution in [2.45, 2.75) is 13.3 Å². The molecule has 1 aromatic carbocycles. The van der Waals surface area contributed by atoms with Crippen molar-refractivity contribution < 1.29 is 23.8 Å². The van der Waals surface area contributed by atoms with E-state index in [1.807, 2.05) is 6.92 Å². The zero-order valence-electron chi connectivity index (χ0n) is 10.9. The number of hydrogen-bond acceptors (Lipinski definition) is 5. The molecule has 0 fully saturated rings. The first-order valence-corrected chi connectivity index (χ1v) is 5.36. The topological polar surface area (TPSA) is 61.8 Å². The van der Waals surface area contributed by atoms with Gasteiger partial charge in [-0.3, -0.25) is 9.59 Å². The average molecular weight is 252 g/mol. The molecule has 0 aliphatic rings. The number of methoxy groups -OCH3 is 3. The van der Waals surface area contributed by atoms with Gasteiger partial charge in [-0.15, -0.1) is 0 Å². The van der Waals surface area contributed by atoms with E-state index in [1.165, 1.54) is 21.3 Å². The summed E-state index contributed by atoms with van der Waals surface area (Å²) < 4.78 is 14.7. The Kier molecular flexibility index (Phi) is 4.71. The van der Waals surface area contributed by atoms with E-state index in [4.69, 9.17) is 9.47 Å². The van der Waals surface area contributed by atoms with Gasteiger partial charge in [-0.05, 0) is 24.6 Å². The molecule has 0 amide bonds. The number of carbonyl (C=O) groups excluding carboxylic acids is 2. The Morgan fingerprint density at radius 1 is 1.06 bits per heavy atom. The molecule has 1 rings (SSSR count). The van der Waals surface area contributed by atoms with Crippen LogP contribution >= 0.6 is 0 Å². The number of aryl methyl sites for hydroxylation is 1. The van der Waals surface area contributed by atoms with E-state index in [0.717, 1.165) is 5.56 Å². The first-order valence-electron chi connectivity index (χ1n) is 5.36. The second-order valence-electron chi connectivity index (χ2n) is 3.70. The molecular formula is C13H16O5. The summed E-state index contributed by atoms with van der Waals surface area (Å²) in [5.41, 5.74) is 1.16. The summed E-state index contributed by atoms with van der Waals surface area (Å²) in [4.78, 5) is 23.0. The van der Waals surface area contributed by atoms with E-state index >= 15 is 0 Å². The lowest BCUT2D eigenvalue weighted by Gasteiger charge is -2.11. The van der Waals surface area contributed by atoms with E-state index in [0.29, 0.717) is 17.1 Å². The van der Waals surface area contributed by atoms with E-state index < -0.39 is 5.97 Å². The van der Waals surface area contributed by atoms with E-state index in [9.17, 15) is 9.59 Å². The van der Waals surface area contributed by atoms with Gasteiger partial charge in [0.15, 0.2) is 5.78 Å². The van der Waals surface area contributed by atoms with Crippen molar-refractivity contribution in [1.29, 1.82) is 0 Å². The van der Waals surface area contributed by atoms with Crippen molar-refractivity contribution in [2.75, 3.05) is 21.3 Å². The van der Waals surface area contributed by atoms with E-state index in [2.05, 4.69) is 4.74 Å². The molecule has 0 heterocycles. The lowest BCUT2D eigenvalue weighted by atomic mass is 10.0. The van der Waals surface area contributed by atoms with Crippen LogP contribution in [0.5, 0.6) is 11.5 Å². The molecule has 98 valence electrons. The van der Waals surface area contributed by atoms with E-state index in [-0.39, 0.29) is 12.2 Å². The Labute approximate surface area is 106 Å². The normalized spacial score (nSPS) is 9.78. The minimum atomic E-state index is -0.582. The van der Waals surface area contributed by atoms with Crippen LogP contribution in [0, 0.1) is 6.92 Å². The van der Waals surface area contributed by atoms with Crippen LogP contribution in [-0.4, -0.2) is 33.1 Å². The number of ether oxygens (including phenoxy) is 3. The van der Waals surface area contributed by atoms with Crippen LogP contribution in [0.3, 0.4) is 0 Å². The standard InChI is InChI=1S/C13H16O5/c1-8-5-12(17-3)9(6-11(8)16-2)10(14)7-13(15)18-4/h5-6H,7H2,1-4H3. The van der Waals surface area contributed by atoms with Crippen molar-refractivity contribution in [1.82, 2.24) is 0 Å². The number of esters is 1. The van der Waals surface area contributed by atoms with Crippen molar-refractivity contribution in [2.24, 2.45) is 0 Å². The summed E-state index contributed by atoms with van der Waals surface area (Å²) in [6.45, 7) is 1.84. The Bertz CT molecular complexity index is 465. The Balaban J connectivity index is 3.13. The zero-order chi connectivity index (χ0) is 13.7. The smallest absolute Gasteiger partial charge is 0.313 e. The van der Waals surface area contributed by atoms with E-state index in [1.54, 1.807) is 12.1 Å². The number of carbonyl (C=O) groups is 2. The molecule has 0 saturated carbocycles. The lowest BCUT2D eigenvalue weighted by Crippen LogP contribution is -2.11. The fourth-order valence-electron chi connectivity index (χ4n) is 1.57. The lowest BCUT2D eigenvalue weighted by molar-refractivity contribution is -0.139. The highest BCUT2D eigenvalue weighted by Crippen LogP contribution is 2.29. The molecule has 5 heteroatoms. The van der Waals surface area contributed by atoms with Crippen LogP contribution in [0.2, 0.25) is 0 Å². The fourth-order valence-corrected chi connectivity index (χ4v) is 1.57. The number of ketones is 1. The summed E-state index contributed by atoms with van der Waals surface area (Å²) in [5.74, 6) is 0.0461. The van der Waals surface area contributed by atoms with Gasteiger partial charge in [-0.2, -0.15) is 0 Å². The third-order valence-corrected chi connectivity index (χ3v) is 2.55. The average Bonchev–Trinajstić information content (AvgIpc) is 2.37. The van der Waals surface area contributed by atoms with Gasteiger partial charge in [0.1, 0.15) is 17.9 Å². The molecule has 0 aromatic heterocycles. The third-order valence-electron chi connectivity index (χ3n) is 2.55. The maximum absolute atomic E-state index is 11.9. The zero-order valence-corrected chi connectivity index (χ0v) is 10.9. The van der Waals surface area contributed by atoms with Crippen molar-refractivity contribution >= 4 is 11.8 Å². The van der Waals surface area contributed by atoms with Gasteiger partial charge < -0.3 is 14.2 Å². The highest BCUT2D eigenvalue weighted by molar-refractivity contribution is 6.07. The molecule has 0 saturated heterocycles. The summed E-state index contributed by atoms with van der Waals surface area (Å²) >= 11 is 0. The molecule has 0 N–H and O–H groups in total. The molecule has 0 aliphatic carbocycles. The molecule has 0 aliphatic heterocycles. The highest BCUT2D eigenvalue weighted by atomic mass is 16.5. The van der Waals surface area contributed by atoms with Gasteiger partial charge in [-0.1, -0.05) is 0 Å². The fraction of sp³-hybridized carbons (Fsp3) is 0.385. The molecule has 0 unspecified atom stereocenters. The highest BCUT2D eigenvalue weighted by Gasteiger charge is 2.18. The molecule has 0 bridgehead atoms. The molecule has 0 atom stereocenters. The van der Waals surface area contributed by atoms with Crippen molar-refractivity contribution in [3.8, 4) is 11.5 Å². The Morgan fingerprint density at radius 3 is 2.17 bits per heavy atom. The second-order valence-corrected chi connectivity index (χ2v) is 3.70. The van der Waals surface area contributed by atoms with Crippen LogP contribution < -0.4 is 9.47 Å². The van der Waals surface area contributed by atoms with Crippen molar-refractivity contribution in [3.05, 3.63) is 23.3 Å². The number of hydrogen-bond donors (Lipinski definition) is 0. The molecule has 0 radical (unpaired) electrons. The monoisotopic (exact) mass is 252 g/mol. The van der Waals surface area contributed by atoms with Gasteiger partial charge in [0.05, 0.1) is 26.9 Å². The number of Topliss-reactive ketones (excluding diaryl/α,β-unsaturated/α-hetero) is 1. The first kappa shape index (κ1) is 14.0. The SMILES string of the molecule is COC(=O)CC(=O)c1cc(OC)c(C)cc1OC. The largest absolute Gasteiger partial charge is 0.496 e. The van der Waals surface area contributed by atoms with Gasteiger partial charge >= 0.3 is 5.97 Å². The summed E-state index contributed by atoms with van der Waals surface area (Å²) in [6.07, 6.45) is -0.320. The third kappa shape index (κ3) is 3.00. The molecule has 5 nitrogen and oxygen atoms in total. The van der Waals surface area contributed by atoms with Gasteiger partial charge in [0.25, 0.3) is 0 Å². The molecule has 0 spiro atoms. The van der Waals surface area contributed by atoms with Crippen LogP contribution in [0.1, 0.15) is 22.3 Å². The minimum absolute atomic E-state index is 0.311. The maximum Gasteiger partial charge on any atom is 0.313 e. The van der Waals surface area contributed by atoms with Crippen LogP contribution in [0.25, 0.3) is 0 Å². The molecular weight excluding hydrogens is 236 g/mol. The van der Waals surface area contributed by atoms with Crippen LogP contribution in [-0.2, 0) is 9.53 Å². The minimum Gasteiger partial charge on any atom is -0.496 e. The maximum atomic E-state index is 11.9. The summed E-state index contributed by atoms with van der Waals surface area (Å²) in [6, 6.07) is 3.27. The predicted octanol–water partition coefficient (Wildman–Crippen LogP) is 1.76. The molecule has 1 aromatic rings. The quantitative estimate of drug-likeness (QED) is 0.454. The van der Waals surface area contributed by atoms with Gasteiger partial charge in [-0.25, -0.2) is 0 Å². The van der Waals surface area contributed by atoms with Gasteiger partial charge in [0.2, 0.25) is 0 Å². The predicted molar refractivity (Wildman–Crippen MR) is 65.2 cm³/mol. The van der Waals surface area contributed by atoms with Crippen LogP contribution in [0.4, 0.5) is 0 Å². The van der Waals surface area contributed by atoms with Gasteiger partial charge in [0, 0.05) is 0 Å². The molecule has 18 heavy (non-hydrogen) atoms. The number of benzene rings is 1. The summed E-state index contributed by atoms with van der Waals surface area (Å²) in [5, 5.41) is 0. The second kappa shape index (κ2) is 6.05. The van der Waals surface area contributed by atoms with Crippen LogP contribution in [0.15, 0.2) is 12.1 Å². The first-order chi connectivity index (χ1) is 8.53. The number of rotatable bonds is 5. The van der Waals surface area contributed by atoms with Crippen molar-refractivity contribution in [3.63, 3.8) is 0 Å². The summed E-state index contributed by atoms with van der Waals surface area (Å²) in [7, 11) is 4.22. The Hall–Kier alpha value is -2.04. The Morgan fingerprint density at radius 2 is 1.67 bits per heavy atom.